The largest absolute Gasteiger partial charge is 0.481 e. The third-order valence-electron chi connectivity index (χ3n) is 5.53. The second kappa shape index (κ2) is 8.84. The van der Waals surface area contributed by atoms with Crippen LogP contribution in [0.3, 0.4) is 0 Å². The summed E-state index contributed by atoms with van der Waals surface area (Å²) < 4.78 is 12.8. The van der Waals surface area contributed by atoms with Gasteiger partial charge < -0.3 is 19.8 Å². The number of nitrogens with one attached hydrogen (secondary N) is 2. The van der Waals surface area contributed by atoms with Crippen molar-refractivity contribution in [1.82, 2.24) is 14.9 Å². The highest BCUT2D eigenvalue weighted by molar-refractivity contribution is 6.05. The summed E-state index contributed by atoms with van der Waals surface area (Å²) in [6.45, 7) is 0.216. The monoisotopic (exact) mass is 454 g/mol. The fraction of sp³-hybridized carbons (Fsp3) is 0.115. The number of methoxy groups -OCH3 is 1. The van der Waals surface area contributed by atoms with Gasteiger partial charge in [0.1, 0.15) is 11.1 Å². The van der Waals surface area contributed by atoms with Gasteiger partial charge in [0.25, 0.3) is 5.56 Å². The van der Waals surface area contributed by atoms with Gasteiger partial charge in [-0.05, 0) is 61.1 Å². The number of benzene rings is 2. The Morgan fingerprint density at radius 2 is 1.76 bits per heavy atom. The fourth-order valence-corrected chi connectivity index (χ4v) is 3.95. The van der Waals surface area contributed by atoms with E-state index in [1.165, 1.54) is 6.07 Å². The number of likely N-dealkylation sites (N-methyl/N-ethyl adjacent to an activating group) is 1. The van der Waals surface area contributed by atoms with Crippen molar-refractivity contribution in [2.45, 2.75) is 0 Å². The number of anilines is 1. The van der Waals surface area contributed by atoms with Crippen molar-refractivity contribution < 1.29 is 13.9 Å². The summed E-state index contributed by atoms with van der Waals surface area (Å²) in [5, 5.41) is 6.43. The third-order valence-corrected chi connectivity index (χ3v) is 5.53. The van der Waals surface area contributed by atoms with Crippen LogP contribution in [-0.4, -0.2) is 36.2 Å². The number of pyridine rings is 2. The number of hydrogen-bond acceptors (Lipinski definition) is 6. The predicted octanol–water partition coefficient (Wildman–Crippen LogP) is 3.97. The lowest BCUT2D eigenvalue weighted by atomic mass is 10.1. The highest BCUT2D eigenvalue weighted by atomic mass is 16.5. The highest BCUT2D eigenvalue weighted by Crippen LogP contribution is 2.33. The lowest BCUT2D eigenvalue weighted by Crippen LogP contribution is -2.25. The number of rotatable bonds is 6. The van der Waals surface area contributed by atoms with Gasteiger partial charge in [-0.1, -0.05) is 6.07 Å². The van der Waals surface area contributed by atoms with E-state index in [4.69, 9.17) is 9.15 Å². The molecule has 3 aromatic heterocycles. The molecule has 0 bridgehead atoms. The zero-order valence-electron chi connectivity index (χ0n) is 18.7. The van der Waals surface area contributed by atoms with E-state index in [1.807, 2.05) is 24.3 Å². The lowest BCUT2D eigenvalue weighted by molar-refractivity contribution is -0.115. The van der Waals surface area contributed by atoms with Gasteiger partial charge in [-0.15, -0.1) is 0 Å². The number of amides is 1. The number of nitrogens with zero attached hydrogens (tertiary/aromatic N) is 2. The smallest absolute Gasteiger partial charge is 0.255 e. The Balaban J connectivity index is 1.62. The molecule has 8 heteroatoms. The van der Waals surface area contributed by atoms with Crippen LogP contribution in [0.1, 0.15) is 0 Å². The van der Waals surface area contributed by atoms with Gasteiger partial charge in [0, 0.05) is 40.7 Å². The zero-order valence-corrected chi connectivity index (χ0v) is 18.7. The van der Waals surface area contributed by atoms with Gasteiger partial charge in [0.05, 0.1) is 13.7 Å². The van der Waals surface area contributed by atoms with Crippen LogP contribution >= 0.6 is 0 Å². The van der Waals surface area contributed by atoms with Crippen molar-refractivity contribution in [3.63, 3.8) is 0 Å². The topological polar surface area (TPSA) is 98.4 Å². The SMILES string of the molecule is CNCC(=O)Nc1ccc(-n2c(=O)ccc3oc4ccc(-c5ccc(OC)nc5)cc4c32)cc1. The van der Waals surface area contributed by atoms with E-state index >= 15 is 0 Å². The molecule has 170 valence electrons. The van der Waals surface area contributed by atoms with E-state index in [0.717, 1.165) is 16.5 Å². The average molecular weight is 454 g/mol. The second-order valence-electron chi connectivity index (χ2n) is 7.75. The summed E-state index contributed by atoms with van der Waals surface area (Å²) in [7, 11) is 3.29. The third kappa shape index (κ3) is 3.91. The summed E-state index contributed by atoms with van der Waals surface area (Å²) in [5.74, 6) is 0.397. The van der Waals surface area contributed by atoms with Crippen molar-refractivity contribution in [3.8, 4) is 22.7 Å². The van der Waals surface area contributed by atoms with Crippen LogP contribution in [0.2, 0.25) is 0 Å². The molecule has 0 fully saturated rings. The Morgan fingerprint density at radius 3 is 2.47 bits per heavy atom. The number of carbonyl (C=O) groups is 1. The first-order valence-electron chi connectivity index (χ1n) is 10.7. The molecule has 8 nitrogen and oxygen atoms in total. The van der Waals surface area contributed by atoms with Crippen molar-refractivity contribution in [3.05, 3.63) is 83.3 Å². The molecule has 3 heterocycles. The number of hydrogen-bond donors (Lipinski definition) is 2. The minimum atomic E-state index is -0.182. The van der Waals surface area contributed by atoms with Gasteiger partial charge in [0.2, 0.25) is 11.8 Å². The Labute approximate surface area is 194 Å². The van der Waals surface area contributed by atoms with Crippen LogP contribution in [-0.2, 0) is 4.79 Å². The van der Waals surface area contributed by atoms with Crippen LogP contribution in [0, 0.1) is 0 Å². The number of carbonyl (C=O) groups excluding carboxylic acids is 1. The molecule has 5 aromatic rings. The molecule has 0 aliphatic carbocycles. The Morgan fingerprint density at radius 1 is 1.00 bits per heavy atom. The highest BCUT2D eigenvalue weighted by Gasteiger charge is 2.15. The lowest BCUT2D eigenvalue weighted by Gasteiger charge is -2.10. The van der Waals surface area contributed by atoms with Crippen LogP contribution in [0.15, 0.2) is 82.1 Å². The summed E-state index contributed by atoms with van der Waals surface area (Å²) in [6, 6.07) is 19.9. The molecule has 0 spiro atoms. The molecule has 1 amide bonds. The minimum absolute atomic E-state index is 0.143. The molecular weight excluding hydrogens is 432 g/mol. The number of fused-ring (bicyclic) bond motifs is 3. The average Bonchev–Trinajstić information content (AvgIpc) is 3.23. The van der Waals surface area contributed by atoms with E-state index in [-0.39, 0.29) is 18.0 Å². The molecule has 0 atom stereocenters. The van der Waals surface area contributed by atoms with E-state index in [1.54, 1.807) is 61.3 Å². The number of furan rings is 1. The Kier molecular flexibility index (Phi) is 5.57. The maximum absolute atomic E-state index is 13.0. The number of aromatic nitrogens is 2. The maximum Gasteiger partial charge on any atom is 0.255 e. The van der Waals surface area contributed by atoms with E-state index in [2.05, 4.69) is 15.6 Å². The fourth-order valence-electron chi connectivity index (χ4n) is 3.95. The molecule has 2 N–H and O–H groups in total. The van der Waals surface area contributed by atoms with Crippen molar-refractivity contribution in [1.29, 1.82) is 0 Å². The first-order valence-corrected chi connectivity index (χ1v) is 10.7. The van der Waals surface area contributed by atoms with E-state index in [0.29, 0.717) is 33.9 Å². The standard InChI is InChI=1S/C26H22N4O4/c1-27-15-23(31)29-18-5-7-19(8-6-18)30-25(32)12-10-22-26(30)20-13-16(3-9-21(20)34-22)17-4-11-24(33-2)28-14-17/h3-14,27H,15H2,1-2H3,(H,29,31). The van der Waals surface area contributed by atoms with Gasteiger partial charge >= 0.3 is 0 Å². The van der Waals surface area contributed by atoms with Crippen molar-refractivity contribution in [2.24, 2.45) is 0 Å². The van der Waals surface area contributed by atoms with Crippen LogP contribution < -0.4 is 20.9 Å². The summed E-state index contributed by atoms with van der Waals surface area (Å²) in [6.07, 6.45) is 1.75. The van der Waals surface area contributed by atoms with Crippen molar-refractivity contribution >= 4 is 33.7 Å². The molecule has 0 aliphatic rings. The molecule has 0 aliphatic heterocycles. The molecule has 0 saturated heterocycles. The molecule has 5 rings (SSSR count). The molecule has 34 heavy (non-hydrogen) atoms. The second-order valence-corrected chi connectivity index (χ2v) is 7.75. The molecule has 2 aromatic carbocycles. The number of ether oxygens (including phenoxy) is 1. The maximum atomic E-state index is 13.0. The van der Waals surface area contributed by atoms with Gasteiger partial charge in [0.15, 0.2) is 5.58 Å². The molecule has 0 unspecified atom stereocenters. The molecule has 0 saturated carbocycles. The first kappa shape index (κ1) is 21.4. The first-order chi connectivity index (χ1) is 16.6. The van der Waals surface area contributed by atoms with E-state index < -0.39 is 0 Å². The summed E-state index contributed by atoms with van der Waals surface area (Å²) in [5.41, 5.74) is 4.95. The zero-order chi connectivity index (χ0) is 23.7. The van der Waals surface area contributed by atoms with Crippen LogP contribution in [0.5, 0.6) is 5.88 Å². The van der Waals surface area contributed by atoms with Gasteiger partial charge in [-0.3, -0.25) is 14.2 Å². The normalized spacial score (nSPS) is 11.1. The summed E-state index contributed by atoms with van der Waals surface area (Å²) >= 11 is 0. The van der Waals surface area contributed by atoms with Crippen LogP contribution in [0.4, 0.5) is 5.69 Å². The minimum Gasteiger partial charge on any atom is -0.481 e. The van der Waals surface area contributed by atoms with Gasteiger partial charge in [-0.2, -0.15) is 0 Å². The Hall–Kier alpha value is -4.43. The summed E-state index contributed by atoms with van der Waals surface area (Å²) in [4.78, 5) is 29.1. The molecule has 0 radical (unpaired) electrons. The van der Waals surface area contributed by atoms with E-state index in [9.17, 15) is 9.59 Å². The molecular formula is C26H22N4O4. The van der Waals surface area contributed by atoms with Crippen LogP contribution in [0.25, 0.3) is 38.9 Å². The predicted molar refractivity (Wildman–Crippen MR) is 132 cm³/mol. The Bertz CT molecular complexity index is 1550. The van der Waals surface area contributed by atoms with Gasteiger partial charge in [-0.25, -0.2) is 4.98 Å². The quantitative estimate of drug-likeness (QED) is 0.403. The van der Waals surface area contributed by atoms with Crippen molar-refractivity contribution in [2.75, 3.05) is 26.0 Å².